The Morgan fingerprint density at radius 3 is 0.660 bits per heavy atom. The second-order valence-electron chi connectivity index (χ2n) is 9.61. The fourth-order valence-electron chi connectivity index (χ4n) is 3.45. The van der Waals surface area contributed by atoms with Gasteiger partial charge in [0.1, 0.15) is 22.3 Å². The summed E-state index contributed by atoms with van der Waals surface area (Å²) in [6, 6.07) is 4.61. The standard InChI is InChI=1S/C30H14F12O8/c1-11(27(31,32)33)23(43)47-19-7-15-5-17-9-21(49-25(45)13(3)29(37,38)39)22(50-26(46)14(4)30(40,41)42)10-18(17)6-16(15)8-20(19)48-24(44)12(2)28(34,35)36/h5-10H,1-4H2. The van der Waals surface area contributed by atoms with Crippen LogP contribution < -0.4 is 18.9 Å². The maximum absolute atomic E-state index is 13.0. The molecule has 3 aromatic carbocycles. The quantitative estimate of drug-likeness (QED) is 0.0754. The summed E-state index contributed by atoms with van der Waals surface area (Å²) >= 11 is 0. The van der Waals surface area contributed by atoms with E-state index in [1.54, 1.807) is 0 Å². The summed E-state index contributed by atoms with van der Waals surface area (Å²) in [4.78, 5) is 48.5. The highest BCUT2D eigenvalue weighted by Gasteiger charge is 2.42. The van der Waals surface area contributed by atoms with E-state index in [1.165, 1.54) is 0 Å². The predicted molar refractivity (Wildman–Crippen MR) is 145 cm³/mol. The molecule has 0 N–H and O–H groups in total. The summed E-state index contributed by atoms with van der Waals surface area (Å²) in [7, 11) is 0. The monoisotopic (exact) mass is 730 g/mol. The summed E-state index contributed by atoms with van der Waals surface area (Å²) in [5.74, 6) is -13.2. The molecule has 0 fully saturated rings. The van der Waals surface area contributed by atoms with Crippen LogP contribution in [-0.4, -0.2) is 48.6 Å². The summed E-state index contributed by atoms with van der Waals surface area (Å²) in [5, 5.41) is -0.891. The molecule has 0 heterocycles. The maximum Gasteiger partial charge on any atom is 0.422 e. The average molecular weight is 730 g/mol. The number of alkyl halides is 12. The predicted octanol–water partition coefficient (Wildman–Crippen LogP) is 8.09. The number of esters is 4. The minimum Gasteiger partial charge on any atom is -0.419 e. The largest absolute Gasteiger partial charge is 0.422 e. The lowest BCUT2D eigenvalue weighted by Gasteiger charge is -2.17. The molecular weight excluding hydrogens is 716 g/mol. The fraction of sp³-hybridized carbons (Fsp3) is 0.133. The second-order valence-corrected chi connectivity index (χ2v) is 9.61. The minimum absolute atomic E-state index is 0.223. The molecule has 0 aliphatic carbocycles. The number of halogens is 12. The molecule has 0 aliphatic heterocycles. The van der Waals surface area contributed by atoms with Crippen LogP contribution >= 0.6 is 0 Å². The van der Waals surface area contributed by atoms with Gasteiger partial charge in [0.05, 0.1) is 0 Å². The molecule has 0 aliphatic rings. The molecule has 0 aromatic heterocycles. The van der Waals surface area contributed by atoms with Crippen LogP contribution in [0.4, 0.5) is 52.7 Å². The number of hydrogen-bond acceptors (Lipinski definition) is 8. The molecule has 0 atom stereocenters. The van der Waals surface area contributed by atoms with E-state index in [0.29, 0.717) is 24.3 Å². The Labute approximate surface area is 269 Å². The first kappa shape index (κ1) is 38.6. The maximum atomic E-state index is 13.0. The van der Waals surface area contributed by atoms with E-state index in [1.807, 2.05) is 0 Å². The molecular formula is C30H14F12O8. The van der Waals surface area contributed by atoms with Crippen molar-refractivity contribution in [2.45, 2.75) is 24.7 Å². The van der Waals surface area contributed by atoms with E-state index in [-0.39, 0.29) is 21.5 Å². The summed E-state index contributed by atoms with van der Waals surface area (Å²) in [6.45, 7) is 9.99. The van der Waals surface area contributed by atoms with Crippen molar-refractivity contribution in [2.24, 2.45) is 0 Å². The van der Waals surface area contributed by atoms with Gasteiger partial charge in [0.15, 0.2) is 23.0 Å². The number of benzene rings is 3. The highest BCUT2D eigenvalue weighted by atomic mass is 19.4. The first-order valence-corrected chi connectivity index (χ1v) is 12.6. The fourth-order valence-corrected chi connectivity index (χ4v) is 3.45. The third kappa shape index (κ3) is 8.80. The lowest BCUT2D eigenvalue weighted by atomic mass is 10.0. The van der Waals surface area contributed by atoms with Gasteiger partial charge < -0.3 is 18.9 Å². The Morgan fingerprint density at radius 2 is 0.520 bits per heavy atom. The smallest absolute Gasteiger partial charge is 0.419 e. The number of ether oxygens (including phenoxy) is 4. The molecule has 50 heavy (non-hydrogen) atoms. The van der Waals surface area contributed by atoms with E-state index in [2.05, 4.69) is 45.3 Å². The van der Waals surface area contributed by atoms with Gasteiger partial charge in [0.2, 0.25) is 0 Å². The van der Waals surface area contributed by atoms with E-state index >= 15 is 0 Å². The average Bonchev–Trinajstić information content (AvgIpc) is 2.97. The van der Waals surface area contributed by atoms with Crippen molar-refractivity contribution in [2.75, 3.05) is 0 Å². The highest BCUT2D eigenvalue weighted by Crippen LogP contribution is 2.41. The van der Waals surface area contributed by atoms with Gasteiger partial charge >= 0.3 is 48.6 Å². The number of fused-ring (bicyclic) bond motifs is 2. The van der Waals surface area contributed by atoms with Gasteiger partial charge in [-0.1, -0.05) is 26.3 Å². The number of carbonyl (C=O) groups is 4. The molecule has 0 radical (unpaired) electrons. The van der Waals surface area contributed by atoms with Crippen molar-refractivity contribution in [3.05, 3.63) is 85.0 Å². The van der Waals surface area contributed by atoms with E-state index in [9.17, 15) is 71.9 Å². The zero-order valence-corrected chi connectivity index (χ0v) is 24.1. The van der Waals surface area contributed by atoms with Gasteiger partial charge in [-0.2, -0.15) is 52.7 Å². The van der Waals surface area contributed by atoms with Gasteiger partial charge in [0, 0.05) is 0 Å². The van der Waals surface area contributed by atoms with Crippen molar-refractivity contribution < 1.29 is 90.8 Å². The van der Waals surface area contributed by atoms with E-state index < -0.39 is 93.9 Å². The lowest BCUT2D eigenvalue weighted by Crippen LogP contribution is -2.25. The molecule has 0 amide bonds. The van der Waals surface area contributed by atoms with Crippen LogP contribution in [0.1, 0.15) is 0 Å². The second kappa shape index (κ2) is 13.2. The molecule has 3 aromatic rings. The SMILES string of the molecule is C=C(C(=O)Oc1cc2cc3cc(OC(=O)C(=C)C(F)(F)F)c(OC(=O)C(=C)C(F)(F)F)cc3cc2cc1OC(=O)C(=C)C(F)(F)F)C(F)(F)F. The van der Waals surface area contributed by atoms with Gasteiger partial charge in [-0.3, -0.25) is 0 Å². The zero-order chi connectivity index (χ0) is 38.3. The van der Waals surface area contributed by atoms with Crippen molar-refractivity contribution in [3.8, 4) is 23.0 Å². The van der Waals surface area contributed by atoms with Crippen LogP contribution in [0, 0.1) is 0 Å². The van der Waals surface area contributed by atoms with Crippen molar-refractivity contribution in [3.63, 3.8) is 0 Å². The molecule has 266 valence electrons. The Kier molecular flexibility index (Phi) is 10.2. The summed E-state index contributed by atoms with van der Waals surface area (Å²) in [6.07, 6.45) is -21.4. The number of carbonyl (C=O) groups excluding carboxylic acids is 4. The molecule has 0 spiro atoms. The topological polar surface area (TPSA) is 105 Å². The zero-order valence-electron chi connectivity index (χ0n) is 24.1. The first-order chi connectivity index (χ1) is 22.6. The van der Waals surface area contributed by atoms with Crippen LogP contribution in [0.2, 0.25) is 0 Å². The van der Waals surface area contributed by atoms with Gasteiger partial charge in [-0.25, -0.2) is 19.2 Å². The Hall–Kier alpha value is -5.82. The molecule has 8 nitrogen and oxygen atoms in total. The van der Waals surface area contributed by atoms with Gasteiger partial charge in [-0.05, 0) is 57.9 Å². The van der Waals surface area contributed by atoms with Crippen LogP contribution in [0.5, 0.6) is 23.0 Å². The van der Waals surface area contributed by atoms with Gasteiger partial charge in [-0.15, -0.1) is 0 Å². The minimum atomic E-state index is -5.36. The van der Waals surface area contributed by atoms with Crippen LogP contribution in [-0.2, 0) is 19.2 Å². The first-order valence-electron chi connectivity index (χ1n) is 12.6. The van der Waals surface area contributed by atoms with Crippen molar-refractivity contribution in [1.29, 1.82) is 0 Å². The highest BCUT2D eigenvalue weighted by molar-refractivity contribution is 6.03. The van der Waals surface area contributed by atoms with Crippen molar-refractivity contribution >= 4 is 45.4 Å². The molecule has 3 rings (SSSR count). The Balaban J connectivity index is 2.26. The lowest BCUT2D eigenvalue weighted by molar-refractivity contribution is -0.145. The molecule has 0 bridgehead atoms. The molecule has 0 saturated heterocycles. The molecule has 20 heteroatoms. The number of rotatable bonds is 8. The van der Waals surface area contributed by atoms with Gasteiger partial charge in [0.25, 0.3) is 0 Å². The normalized spacial score (nSPS) is 12.2. The third-order valence-corrected chi connectivity index (χ3v) is 6.09. The van der Waals surface area contributed by atoms with Crippen LogP contribution in [0.15, 0.2) is 85.0 Å². The summed E-state index contributed by atoms with van der Waals surface area (Å²) < 4.78 is 175. The van der Waals surface area contributed by atoms with Crippen LogP contribution in [0.25, 0.3) is 21.5 Å². The third-order valence-electron chi connectivity index (χ3n) is 6.09. The Bertz CT molecular complexity index is 1720. The number of hydrogen-bond donors (Lipinski definition) is 0. The molecule has 0 saturated carbocycles. The Morgan fingerprint density at radius 1 is 0.360 bits per heavy atom. The summed E-state index contributed by atoms with van der Waals surface area (Å²) in [5.41, 5.74) is -8.41. The van der Waals surface area contributed by atoms with E-state index in [4.69, 9.17) is 0 Å². The van der Waals surface area contributed by atoms with E-state index in [0.717, 1.165) is 12.1 Å². The molecule has 0 unspecified atom stereocenters. The van der Waals surface area contributed by atoms with Crippen molar-refractivity contribution in [1.82, 2.24) is 0 Å². The van der Waals surface area contributed by atoms with Crippen LogP contribution in [0.3, 0.4) is 0 Å².